The summed E-state index contributed by atoms with van der Waals surface area (Å²) in [5.74, 6) is -0.266. The van der Waals surface area contributed by atoms with Gasteiger partial charge in [-0.05, 0) is 68.5 Å². The van der Waals surface area contributed by atoms with Crippen molar-refractivity contribution < 1.29 is 14.4 Å². The first kappa shape index (κ1) is 20.1. The molecule has 0 bridgehead atoms. The third-order valence-electron chi connectivity index (χ3n) is 6.23. The summed E-state index contributed by atoms with van der Waals surface area (Å²) in [4.78, 5) is 41.6. The van der Waals surface area contributed by atoms with Crippen molar-refractivity contribution in [3.05, 3.63) is 59.7 Å². The van der Waals surface area contributed by atoms with E-state index in [1.165, 1.54) is 0 Å². The van der Waals surface area contributed by atoms with E-state index in [0.717, 1.165) is 37.1 Å². The average Bonchev–Trinajstić information content (AvgIpc) is 3.16. The molecule has 2 aromatic rings. The quantitative estimate of drug-likeness (QED) is 0.848. The number of aryl methyl sites for hydroxylation is 1. The van der Waals surface area contributed by atoms with Crippen LogP contribution in [0.1, 0.15) is 49.0 Å². The Bertz CT molecular complexity index is 988. The van der Waals surface area contributed by atoms with Crippen LogP contribution in [0.4, 0.5) is 11.4 Å². The number of carbonyl (C=O) groups excluding carboxylic acids is 3. The Labute approximate surface area is 176 Å². The number of hydrogen-bond donors (Lipinski definition) is 1. The lowest BCUT2D eigenvalue weighted by molar-refractivity contribution is -0.124. The van der Waals surface area contributed by atoms with Gasteiger partial charge in [0.15, 0.2) is 0 Å². The number of rotatable bonds is 3. The third-order valence-corrected chi connectivity index (χ3v) is 6.23. The summed E-state index contributed by atoms with van der Waals surface area (Å²) in [6.07, 6.45) is 3.19. The summed E-state index contributed by atoms with van der Waals surface area (Å²) in [5, 5.41) is 3.02. The smallest absolute Gasteiger partial charge is 0.254 e. The van der Waals surface area contributed by atoms with Crippen LogP contribution in [0.2, 0.25) is 0 Å². The van der Waals surface area contributed by atoms with E-state index in [2.05, 4.69) is 5.32 Å². The number of likely N-dealkylation sites (tertiary alicyclic amines) is 1. The minimum absolute atomic E-state index is 0.0290. The molecule has 156 valence electrons. The van der Waals surface area contributed by atoms with Crippen LogP contribution in [0.3, 0.4) is 0 Å². The highest BCUT2D eigenvalue weighted by molar-refractivity contribution is 6.04. The predicted octanol–water partition coefficient (Wildman–Crippen LogP) is 3.62. The monoisotopic (exact) mass is 405 g/mol. The Morgan fingerprint density at radius 1 is 1.00 bits per heavy atom. The summed E-state index contributed by atoms with van der Waals surface area (Å²) in [7, 11) is 0. The minimum atomic E-state index is -0.895. The summed E-state index contributed by atoms with van der Waals surface area (Å²) in [6.45, 7) is 4.70. The standard InChI is InChI=1S/C24H27N3O3/c1-17(28)26-14-6-10-19-16-20(11-12-21(19)26)25-23(30)24(2)13-7-15-27(24)22(29)18-8-4-3-5-9-18/h3-5,8-9,11-12,16H,6-7,10,13-15H2,1-2H3,(H,25,30). The molecule has 0 radical (unpaired) electrons. The number of fused-ring (bicyclic) bond motifs is 1. The summed E-state index contributed by atoms with van der Waals surface area (Å²) in [5.41, 5.74) is 2.37. The molecule has 4 rings (SSSR count). The normalized spacial score (nSPS) is 20.6. The van der Waals surface area contributed by atoms with Gasteiger partial charge in [-0.2, -0.15) is 0 Å². The molecule has 1 N–H and O–H groups in total. The minimum Gasteiger partial charge on any atom is -0.324 e. The number of nitrogens with one attached hydrogen (secondary N) is 1. The van der Waals surface area contributed by atoms with Crippen molar-refractivity contribution in [1.29, 1.82) is 0 Å². The lowest BCUT2D eigenvalue weighted by Gasteiger charge is -2.34. The van der Waals surface area contributed by atoms with Gasteiger partial charge in [0.05, 0.1) is 0 Å². The first-order valence-corrected chi connectivity index (χ1v) is 10.5. The van der Waals surface area contributed by atoms with Gasteiger partial charge in [-0.3, -0.25) is 14.4 Å². The number of anilines is 2. The van der Waals surface area contributed by atoms with Gasteiger partial charge in [0.2, 0.25) is 11.8 Å². The van der Waals surface area contributed by atoms with Gasteiger partial charge in [-0.25, -0.2) is 0 Å². The molecular formula is C24H27N3O3. The van der Waals surface area contributed by atoms with Gasteiger partial charge in [0.1, 0.15) is 5.54 Å². The molecule has 0 spiro atoms. The molecule has 6 heteroatoms. The Balaban J connectivity index is 1.54. The fraction of sp³-hybridized carbons (Fsp3) is 0.375. The molecule has 2 aliphatic heterocycles. The number of carbonyl (C=O) groups is 3. The van der Waals surface area contributed by atoms with E-state index in [0.29, 0.717) is 24.2 Å². The van der Waals surface area contributed by atoms with Crippen LogP contribution in [0, 0.1) is 0 Å². The average molecular weight is 405 g/mol. The van der Waals surface area contributed by atoms with E-state index in [4.69, 9.17) is 0 Å². The Morgan fingerprint density at radius 2 is 1.77 bits per heavy atom. The van der Waals surface area contributed by atoms with Gasteiger partial charge in [-0.15, -0.1) is 0 Å². The molecule has 0 saturated carbocycles. The maximum absolute atomic E-state index is 13.3. The molecule has 30 heavy (non-hydrogen) atoms. The lowest BCUT2D eigenvalue weighted by Crippen LogP contribution is -2.53. The van der Waals surface area contributed by atoms with Crippen molar-refractivity contribution in [3.63, 3.8) is 0 Å². The molecule has 1 unspecified atom stereocenters. The van der Waals surface area contributed by atoms with Crippen LogP contribution in [-0.4, -0.2) is 41.2 Å². The van der Waals surface area contributed by atoms with Crippen molar-refractivity contribution in [3.8, 4) is 0 Å². The summed E-state index contributed by atoms with van der Waals surface area (Å²) in [6, 6.07) is 14.8. The SMILES string of the molecule is CC(=O)N1CCCc2cc(NC(=O)C3(C)CCCN3C(=O)c3ccccc3)ccc21. The molecule has 1 fully saturated rings. The molecule has 0 aliphatic carbocycles. The number of benzene rings is 2. The Hall–Kier alpha value is -3.15. The van der Waals surface area contributed by atoms with Crippen molar-refractivity contribution in [1.82, 2.24) is 4.90 Å². The predicted molar refractivity (Wildman–Crippen MR) is 117 cm³/mol. The zero-order valence-electron chi connectivity index (χ0n) is 17.5. The second kappa shape index (κ2) is 7.94. The molecule has 2 heterocycles. The zero-order valence-corrected chi connectivity index (χ0v) is 17.5. The highest BCUT2D eigenvalue weighted by atomic mass is 16.2. The first-order chi connectivity index (χ1) is 14.4. The second-order valence-corrected chi connectivity index (χ2v) is 8.27. The van der Waals surface area contributed by atoms with Crippen molar-refractivity contribution in [2.45, 2.75) is 45.1 Å². The highest BCUT2D eigenvalue weighted by Crippen LogP contribution is 2.34. The molecule has 1 atom stereocenters. The zero-order chi connectivity index (χ0) is 21.3. The molecule has 6 nitrogen and oxygen atoms in total. The molecule has 0 aromatic heterocycles. The van der Waals surface area contributed by atoms with Gasteiger partial charge >= 0.3 is 0 Å². The molecule has 1 saturated heterocycles. The second-order valence-electron chi connectivity index (χ2n) is 8.27. The fourth-order valence-corrected chi connectivity index (χ4v) is 4.53. The Kier molecular flexibility index (Phi) is 5.33. The van der Waals surface area contributed by atoms with Crippen LogP contribution in [0.25, 0.3) is 0 Å². The largest absolute Gasteiger partial charge is 0.324 e. The maximum atomic E-state index is 13.3. The van der Waals surface area contributed by atoms with E-state index in [-0.39, 0.29) is 17.7 Å². The molecule has 2 aromatic carbocycles. The summed E-state index contributed by atoms with van der Waals surface area (Å²) < 4.78 is 0. The van der Waals surface area contributed by atoms with Crippen molar-refractivity contribution in [2.24, 2.45) is 0 Å². The van der Waals surface area contributed by atoms with Crippen molar-refractivity contribution in [2.75, 3.05) is 23.3 Å². The number of amides is 3. The number of nitrogens with zero attached hydrogens (tertiary/aromatic N) is 2. The summed E-state index contributed by atoms with van der Waals surface area (Å²) >= 11 is 0. The van der Waals surface area contributed by atoms with E-state index >= 15 is 0 Å². The molecule has 3 amide bonds. The van der Waals surface area contributed by atoms with Gasteiger partial charge in [-0.1, -0.05) is 18.2 Å². The highest BCUT2D eigenvalue weighted by Gasteiger charge is 2.46. The fourth-order valence-electron chi connectivity index (χ4n) is 4.53. The topological polar surface area (TPSA) is 69.7 Å². The van der Waals surface area contributed by atoms with E-state index < -0.39 is 5.54 Å². The number of hydrogen-bond acceptors (Lipinski definition) is 3. The van der Waals surface area contributed by atoms with Gasteiger partial charge < -0.3 is 15.1 Å². The molecule has 2 aliphatic rings. The maximum Gasteiger partial charge on any atom is 0.254 e. The third kappa shape index (κ3) is 3.58. The first-order valence-electron chi connectivity index (χ1n) is 10.5. The molecular weight excluding hydrogens is 378 g/mol. The van der Waals surface area contributed by atoms with E-state index in [1.807, 2.05) is 43.3 Å². The van der Waals surface area contributed by atoms with Crippen LogP contribution < -0.4 is 10.2 Å². The lowest BCUT2D eigenvalue weighted by atomic mass is 9.96. The van der Waals surface area contributed by atoms with Crippen LogP contribution in [0.5, 0.6) is 0 Å². The van der Waals surface area contributed by atoms with Crippen LogP contribution in [-0.2, 0) is 16.0 Å². The van der Waals surface area contributed by atoms with Gasteiger partial charge in [0, 0.05) is 37.0 Å². The van der Waals surface area contributed by atoms with E-state index in [9.17, 15) is 14.4 Å². The van der Waals surface area contributed by atoms with Crippen molar-refractivity contribution >= 4 is 29.1 Å². The van der Waals surface area contributed by atoms with Crippen LogP contribution in [0.15, 0.2) is 48.5 Å². The Morgan fingerprint density at radius 3 is 2.50 bits per heavy atom. The van der Waals surface area contributed by atoms with E-state index in [1.54, 1.807) is 28.9 Å². The van der Waals surface area contributed by atoms with Gasteiger partial charge in [0.25, 0.3) is 5.91 Å². The van der Waals surface area contributed by atoms with Crippen LogP contribution >= 0.6 is 0 Å².